The number of rotatable bonds is 8. The number of aryl methyl sites for hydroxylation is 1. The minimum absolute atomic E-state index is 0.0690. The van der Waals surface area contributed by atoms with Crippen LogP contribution in [-0.4, -0.2) is 21.9 Å². The van der Waals surface area contributed by atoms with Crippen LogP contribution in [0.5, 0.6) is 0 Å². The minimum Gasteiger partial charge on any atom is -0.397 e. The molecule has 0 aliphatic heterocycles. The molecule has 0 bridgehead atoms. The number of carbonyl (C=O) groups is 1. The first-order chi connectivity index (χ1) is 16.9. The van der Waals surface area contributed by atoms with E-state index in [4.69, 9.17) is 11.6 Å². The van der Waals surface area contributed by atoms with Crippen LogP contribution < -0.4 is 27.2 Å². The predicted octanol–water partition coefficient (Wildman–Crippen LogP) is 4.19. The molecular weight excluding hydrogens is 471 g/mol. The van der Waals surface area contributed by atoms with Crippen LogP contribution in [0.15, 0.2) is 61.3 Å². The molecule has 36 heavy (non-hydrogen) atoms. The van der Waals surface area contributed by atoms with Crippen molar-refractivity contribution < 1.29 is 18.0 Å². The lowest BCUT2D eigenvalue weighted by atomic mass is 10.0. The molecule has 0 fully saturated rings. The fourth-order valence-corrected chi connectivity index (χ4v) is 3.32. The zero-order chi connectivity index (χ0) is 26.5. The molecule has 0 atom stereocenters. The molecule has 0 saturated carbocycles. The van der Waals surface area contributed by atoms with E-state index in [0.717, 1.165) is 17.7 Å². The summed E-state index contributed by atoms with van der Waals surface area (Å²) < 4.78 is 40.4. The highest BCUT2D eigenvalue weighted by Crippen LogP contribution is 2.31. The maximum atomic E-state index is 13.5. The van der Waals surface area contributed by atoms with Gasteiger partial charge in [0, 0.05) is 48.0 Å². The summed E-state index contributed by atoms with van der Waals surface area (Å²) in [5, 5.41) is 7.01. The summed E-state index contributed by atoms with van der Waals surface area (Å²) in [4.78, 5) is 20.7. The number of nitrogens with one attached hydrogen (secondary N) is 2. The second-order valence-electron chi connectivity index (χ2n) is 8.53. The Balaban J connectivity index is 1.86. The molecular formula is C25H28F3N7O. The molecule has 1 aromatic heterocycles. The van der Waals surface area contributed by atoms with Gasteiger partial charge in [-0.25, -0.2) is 15.8 Å². The third-order valence-corrected chi connectivity index (χ3v) is 5.21. The Morgan fingerprint density at radius 3 is 2.44 bits per heavy atom. The summed E-state index contributed by atoms with van der Waals surface area (Å²) in [6.07, 6.45) is 1.34. The zero-order valence-corrected chi connectivity index (χ0v) is 20.1. The van der Waals surface area contributed by atoms with E-state index in [2.05, 4.69) is 20.6 Å². The number of nitrogens with two attached hydrogens (primary N) is 2. The van der Waals surface area contributed by atoms with Crippen LogP contribution in [0, 0.1) is 6.92 Å². The lowest BCUT2D eigenvalue weighted by Gasteiger charge is -2.19. The summed E-state index contributed by atoms with van der Waals surface area (Å²) in [5.74, 6) is 5.50. The second-order valence-corrected chi connectivity index (χ2v) is 8.53. The van der Waals surface area contributed by atoms with E-state index in [1.165, 1.54) is 36.0 Å². The van der Waals surface area contributed by atoms with Crippen LogP contribution in [0.2, 0.25) is 0 Å². The van der Waals surface area contributed by atoms with Crippen LogP contribution in [0.1, 0.15) is 46.5 Å². The maximum absolute atomic E-state index is 13.5. The number of amides is 1. The Morgan fingerprint density at radius 2 is 1.81 bits per heavy atom. The molecule has 0 aliphatic rings. The number of hydrazine groups is 1. The first-order valence-electron chi connectivity index (χ1n) is 11.1. The van der Waals surface area contributed by atoms with Gasteiger partial charge in [0.25, 0.3) is 5.91 Å². The first kappa shape index (κ1) is 26.6. The smallest absolute Gasteiger partial charge is 0.397 e. The third-order valence-electron chi connectivity index (χ3n) is 5.21. The maximum Gasteiger partial charge on any atom is 0.416 e. The van der Waals surface area contributed by atoms with E-state index in [-0.39, 0.29) is 18.2 Å². The average Bonchev–Trinajstić information content (AvgIpc) is 2.83. The van der Waals surface area contributed by atoms with Crippen molar-refractivity contribution in [3.8, 4) is 0 Å². The fourth-order valence-electron chi connectivity index (χ4n) is 3.32. The van der Waals surface area contributed by atoms with Gasteiger partial charge in [0.15, 0.2) is 0 Å². The lowest BCUT2D eigenvalue weighted by molar-refractivity contribution is -0.137. The summed E-state index contributed by atoms with van der Waals surface area (Å²) in [6.45, 7) is 5.77. The van der Waals surface area contributed by atoms with E-state index in [1.807, 2.05) is 20.8 Å². The number of nitrogens with zero attached hydrogens (tertiary/aromatic N) is 3. The molecule has 190 valence electrons. The summed E-state index contributed by atoms with van der Waals surface area (Å²) in [7, 11) is 0. The fraction of sp³-hybridized carbons (Fsp3) is 0.240. The highest BCUT2D eigenvalue weighted by atomic mass is 19.4. The summed E-state index contributed by atoms with van der Waals surface area (Å²) in [6, 6.07) is 8.35. The molecule has 0 aliphatic carbocycles. The largest absolute Gasteiger partial charge is 0.416 e. The van der Waals surface area contributed by atoms with E-state index in [9.17, 15) is 18.0 Å². The van der Waals surface area contributed by atoms with Crippen molar-refractivity contribution in [1.29, 1.82) is 0 Å². The van der Waals surface area contributed by atoms with E-state index >= 15 is 0 Å². The van der Waals surface area contributed by atoms with Crippen LogP contribution >= 0.6 is 0 Å². The standard InChI is InChI=1S/C25H28F3N7O/c1-15(2)33-10-17-6-18(8-20(7-17)25(26,27)28)24(36)34-21-5-4-16(3)23(9-21)35(30)13-22(29)19-11-31-14-32-12-19/h4-9,11-15,33H,10,29-30H2,1-3H3,(H,34,36)/b22-13-. The van der Waals surface area contributed by atoms with Gasteiger partial charge in [-0.1, -0.05) is 19.9 Å². The van der Waals surface area contributed by atoms with Crippen molar-refractivity contribution in [3.63, 3.8) is 0 Å². The molecule has 2 aromatic carbocycles. The van der Waals surface area contributed by atoms with Crippen LogP contribution in [0.3, 0.4) is 0 Å². The number of carbonyl (C=O) groups excluding carboxylic acids is 1. The van der Waals surface area contributed by atoms with Gasteiger partial charge in [-0.15, -0.1) is 0 Å². The molecule has 3 aromatic rings. The Hall–Kier alpha value is -3.96. The molecule has 0 saturated heterocycles. The number of halogens is 3. The predicted molar refractivity (Wildman–Crippen MR) is 133 cm³/mol. The Bertz CT molecular complexity index is 1240. The molecule has 8 nitrogen and oxygen atoms in total. The molecule has 0 unspecified atom stereocenters. The van der Waals surface area contributed by atoms with E-state index in [1.54, 1.807) is 18.2 Å². The van der Waals surface area contributed by atoms with Crippen molar-refractivity contribution in [2.75, 3.05) is 10.3 Å². The highest BCUT2D eigenvalue weighted by Gasteiger charge is 2.31. The van der Waals surface area contributed by atoms with Crippen molar-refractivity contribution in [2.24, 2.45) is 11.6 Å². The van der Waals surface area contributed by atoms with Crippen LogP contribution in [0.25, 0.3) is 5.70 Å². The van der Waals surface area contributed by atoms with Gasteiger partial charge in [0.05, 0.1) is 16.9 Å². The number of aromatic nitrogens is 2. The van der Waals surface area contributed by atoms with Crippen molar-refractivity contribution >= 4 is 23.0 Å². The summed E-state index contributed by atoms with van der Waals surface area (Å²) >= 11 is 0. The Labute approximate surface area is 207 Å². The highest BCUT2D eigenvalue weighted by molar-refractivity contribution is 6.04. The van der Waals surface area contributed by atoms with Crippen molar-refractivity contribution in [2.45, 2.75) is 39.5 Å². The van der Waals surface area contributed by atoms with Crippen LogP contribution in [-0.2, 0) is 12.7 Å². The van der Waals surface area contributed by atoms with Gasteiger partial charge in [0.1, 0.15) is 6.33 Å². The minimum atomic E-state index is -4.59. The lowest BCUT2D eigenvalue weighted by Crippen LogP contribution is -2.26. The third kappa shape index (κ3) is 7.03. The van der Waals surface area contributed by atoms with Crippen LogP contribution in [0.4, 0.5) is 24.5 Å². The van der Waals surface area contributed by atoms with Gasteiger partial charge in [-0.2, -0.15) is 13.2 Å². The van der Waals surface area contributed by atoms with E-state index < -0.39 is 17.6 Å². The first-order valence-corrected chi connectivity index (χ1v) is 11.1. The SMILES string of the molecule is Cc1ccc(NC(=O)c2cc(CNC(C)C)cc(C(F)(F)F)c2)cc1N(N)/C=C(\N)c1cncnc1. The molecule has 6 N–H and O–H groups in total. The quantitative estimate of drug-likeness (QED) is 0.271. The molecule has 1 heterocycles. The number of alkyl halides is 3. The van der Waals surface area contributed by atoms with Crippen molar-refractivity contribution in [3.05, 3.63) is 89.1 Å². The summed E-state index contributed by atoms with van der Waals surface area (Å²) in [5.41, 5.74) is 7.99. The number of anilines is 2. The topological polar surface area (TPSA) is 122 Å². The normalized spacial score (nSPS) is 12.1. The van der Waals surface area contributed by atoms with Gasteiger partial charge in [-0.05, 0) is 48.4 Å². The second kappa shape index (κ2) is 11.2. The van der Waals surface area contributed by atoms with Gasteiger partial charge < -0.3 is 16.4 Å². The van der Waals surface area contributed by atoms with Crippen molar-refractivity contribution in [1.82, 2.24) is 15.3 Å². The van der Waals surface area contributed by atoms with Gasteiger partial charge >= 0.3 is 6.18 Å². The number of hydrogen-bond donors (Lipinski definition) is 4. The molecule has 0 radical (unpaired) electrons. The molecule has 3 rings (SSSR count). The van der Waals surface area contributed by atoms with Gasteiger partial charge in [0.2, 0.25) is 0 Å². The number of hydrogen-bond acceptors (Lipinski definition) is 7. The Kier molecular flexibility index (Phi) is 8.28. The molecule has 1 amide bonds. The number of benzene rings is 2. The zero-order valence-electron chi connectivity index (χ0n) is 20.1. The average molecular weight is 500 g/mol. The van der Waals surface area contributed by atoms with E-state index in [0.29, 0.717) is 28.2 Å². The Morgan fingerprint density at radius 1 is 1.11 bits per heavy atom. The van der Waals surface area contributed by atoms with Gasteiger partial charge in [-0.3, -0.25) is 9.80 Å². The molecule has 0 spiro atoms. The monoisotopic (exact) mass is 499 g/mol. The molecule has 11 heteroatoms.